The van der Waals surface area contributed by atoms with Crippen LogP contribution in [0.2, 0.25) is 0 Å². The van der Waals surface area contributed by atoms with Gasteiger partial charge in [0.1, 0.15) is 0 Å². The molecule has 1 atom stereocenters. The van der Waals surface area contributed by atoms with Crippen LogP contribution in [0.1, 0.15) is 51.9 Å². The molecule has 6 nitrogen and oxygen atoms in total. The van der Waals surface area contributed by atoms with Gasteiger partial charge in [-0.2, -0.15) is 4.31 Å². The van der Waals surface area contributed by atoms with E-state index in [9.17, 15) is 13.2 Å². The van der Waals surface area contributed by atoms with Crippen LogP contribution in [0, 0.1) is 0 Å². The fraction of sp³-hybridized carbons (Fsp3) is 0.650. The van der Waals surface area contributed by atoms with Crippen molar-refractivity contribution in [3.63, 3.8) is 0 Å². The SMILES string of the molecule is C[C@H](C(=O)Nc1ccc(S(=O)(=O)N2CCCCC2)cc1)N1CCCCCC1. The summed E-state index contributed by atoms with van der Waals surface area (Å²) >= 11 is 0. The summed E-state index contributed by atoms with van der Waals surface area (Å²) in [5, 5.41) is 2.93. The van der Waals surface area contributed by atoms with Crippen LogP contribution in [-0.4, -0.2) is 55.8 Å². The average molecular weight is 394 g/mol. The fourth-order valence-corrected chi connectivity index (χ4v) is 5.38. The van der Waals surface area contributed by atoms with E-state index >= 15 is 0 Å². The molecule has 2 heterocycles. The lowest BCUT2D eigenvalue weighted by Gasteiger charge is -2.27. The molecule has 0 spiro atoms. The summed E-state index contributed by atoms with van der Waals surface area (Å²) in [5.41, 5.74) is 0.638. The third kappa shape index (κ3) is 5.09. The lowest BCUT2D eigenvalue weighted by Crippen LogP contribution is -2.42. The molecule has 1 N–H and O–H groups in total. The molecule has 0 unspecified atom stereocenters. The van der Waals surface area contributed by atoms with Gasteiger partial charge in [-0.25, -0.2) is 8.42 Å². The predicted octanol–water partition coefficient (Wildman–Crippen LogP) is 3.06. The predicted molar refractivity (Wildman–Crippen MR) is 107 cm³/mol. The number of rotatable bonds is 5. The second-order valence-corrected chi connectivity index (χ2v) is 9.54. The number of carbonyl (C=O) groups is 1. The van der Waals surface area contributed by atoms with Gasteiger partial charge in [0.25, 0.3) is 0 Å². The smallest absolute Gasteiger partial charge is 0.243 e. The van der Waals surface area contributed by atoms with Gasteiger partial charge in [0, 0.05) is 18.8 Å². The van der Waals surface area contributed by atoms with E-state index in [-0.39, 0.29) is 11.9 Å². The Bertz CT molecular complexity index is 719. The first-order valence-corrected chi connectivity index (χ1v) is 11.6. The number of amides is 1. The maximum atomic E-state index is 12.7. The molecule has 1 aromatic carbocycles. The van der Waals surface area contributed by atoms with Gasteiger partial charge in [-0.15, -0.1) is 0 Å². The number of nitrogens with zero attached hydrogens (tertiary/aromatic N) is 2. The zero-order valence-corrected chi connectivity index (χ0v) is 17.0. The Morgan fingerprint density at radius 2 is 1.41 bits per heavy atom. The Balaban J connectivity index is 1.62. The summed E-state index contributed by atoms with van der Waals surface area (Å²) in [6, 6.07) is 6.37. The number of likely N-dealkylation sites (tertiary alicyclic amines) is 1. The van der Waals surface area contributed by atoms with Crippen LogP contribution < -0.4 is 5.32 Å². The summed E-state index contributed by atoms with van der Waals surface area (Å²) in [7, 11) is -3.43. The molecule has 0 bridgehead atoms. The molecule has 150 valence electrons. The van der Waals surface area contributed by atoms with Crippen molar-refractivity contribution in [2.45, 2.75) is 62.8 Å². The van der Waals surface area contributed by atoms with Gasteiger partial charge in [0.05, 0.1) is 10.9 Å². The average Bonchev–Trinajstić information content (AvgIpc) is 2.98. The van der Waals surface area contributed by atoms with Crippen LogP contribution in [0.15, 0.2) is 29.2 Å². The normalized spacial score (nSPS) is 21.4. The van der Waals surface area contributed by atoms with Crippen molar-refractivity contribution in [1.82, 2.24) is 9.21 Å². The van der Waals surface area contributed by atoms with Gasteiger partial charge in [-0.1, -0.05) is 19.3 Å². The highest BCUT2D eigenvalue weighted by molar-refractivity contribution is 7.89. The quantitative estimate of drug-likeness (QED) is 0.835. The molecule has 7 heteroatoms. The van der Waals surface area contributed by atoms with E-state index < -0.39 is 10.0 Å². The van der Waals surface area contributed by atoms with Crippen LogP contribution >= 0.6 is 0 Å². The molecule has 2 aliphatic heterocycles. The van der Waals surface area contributed by atoms with E-state index in [4.69, 9.17) is 0 Å². The van der Waals surface area contributed by atoms with Crippen molar-refractivity contribution in [1.29, 1.82) is 0 Å². The van der Waals surface area contributed by atoms with Gasteiger partial charge in [0.2, 0.25) is 15.9 Å². The first-order chi connectivity index (χ1) is 13.0. The lowest BCUT2D eigenvalue weighted by molar-refractivity contribution is -0.120. The molecule has 3 rings (SSSR count). The van der Waals surface area contributed by atoms with Crippen LogP contribution in [-0.2, 0) is 14.8 Å². The van der Waals surface area contributed by atoms with Gasteiger partial charge in [-0.3, -0.25) is 9.69 Å². The third-order valence-corrected chi connectivity index (χ3v) is 7.56. The molecule has 1 aromatic rings. The molecule has 0 aromatic heterocycles. The molecule has 2 saturated heterocycles. The van der Waals surface area contributed by atoms with Crippen molar-refractivity contribution in [3.05, 3.63) is 24.3 Å². The molecule has 2 fully saturated rings. The molecule has 0 saturated carbocycles. The van der Waals surface area contributed by atoms with Gasteiger partial charge >= 0.3 is 0 Å². The highest BCUT2D eigenvalue weighted by Crippen LogP contribution is 2.22. The minimum atomic E-state index is -3.43. The highest BCUT2D eigenvalue weighted by atomic mass is 32.2. The second-order valence-electron chi connectivity index (χ2n) is 7.60. The van der Waals surface area contributed by atoms with E-state index in [1.807, 2.05) is 6.92 Å². The van der Waals surface area contributed by atoms with Crippen LogP contribution in [0.4, 0.5) is 5.69 Å². The fourth-order valence-electron chi connectivity index (χ4n) is 3.86. The minimum absolute atomic E-state index is 0.0384. The van der Waals surface area contributed by atoms with Crippen molar-refractivity contribution in [2.75, 3.05) is 31.5 Å². The number of benzene rings is 1. The van der Waals surface area contributed by atoms with E-state index in [1.54, 1.807) is 28.6 Å². The maximum absolute atomic E-state index is 12.7. The summed E-state index contributed by atoms with van der Waals surface area (Å²) in [6.07, 6.45) is 7.67. The van der Waals surface area contributed by atoms with E-state index in [1.165, 1.54) is 12.8 Å². The van der Waals surface area contributed by atoms with E-state index in [0.717, 1.165) is 45.2 Å². The van der Waals surface area contributed by atoms with Gasteiger partial charge in [-0.05, 0) is 70.0 Å². The first kappa shape index (κ1) is 20.3. The largest absolute Gasteiger partial charge is 0.325 e. The molecular formula is C20H31N3O3S. The molecule has 0 aliphatic carbocycles. The van der Waals surface area contributed by atoms with E-state index in [0.29, 0.717) is 23.7 Å². The summed E-state index contributed by atoms with van der Waals surface area (Å²) in [6.45, 7) is 5.04. The molecule has 2 aliphatic rings. The maximum Gasteiger partial charge on any atom is 0.243 e. The molecule has 0 radical (unpaired) electrons. The topological polar surface area (TPSA) is 69.7 Å². The zero-order valence-electron chi connectivity index (χ0n) is 16.2. The van der Waals surface area contributed by atoms with Crippen molar-refractivity contribution in [3.8, 4) is 0 Å². The Morgan fingerprint density at radius 3 is 2.00 bits per heavy atom. The lowest BCUT2D eigenvalue weighted by atomic mass is 10.2. The van der Waals surface area contributed by atoms with Crippen molar-refractivity contribution >= 4 is 21.6 Å². The second kappa shape index (κ2) is 9.17. The Morgan fingerprint density at radius 1 is 0.889 bits per heavy atom. The van der Waals surface area contributed by atoms with Crippen LogP contribution in [0.5, 0.6) is 0 Å². The van der Waals surface area contributed by atoms with Crippen LogP contribution in [0.3, 0.4) is 0 Å². The van der Waals surface area contributed by atoms with Crippen LogP contribution in [0.25, 0.3) is 0 Å². The summed E-state index contributed by atoms with van der Waals surface area (Å²) in [4.78, 5) is 15.1. The Hall–Kier alpha value is -1.44. The highest BCUT2D eigenvalue weighted by Gasteiger charge is 2.26. The number of piperidine rings is 1. The first-order valence-electron chi connectivity index (χ1n) is 10.1. The molecule has 1 amide bonds. The Kier molecular flexibility index (Phi) is 6.89. The number of carbonyl (C=O) groups excluding carboxylic acids is 1. The number of sulfonamides is 1. The summed E-state index contributed by atoms with van der Waals surface area (Å²) < 4.78 is 27.0. The third-order valence-electron chi connectivity index (χ3n) is 5.64. The monoisotopic (exact) mass is 393 g/mol. The zero-order chi connectivity index (χ0) is 19.3. The number of hydrogen-bond donors (Lipinski definition) is 1. The number of anilines is 1. The summed E-state index contributed by atoms with van der Waals surface area (Å²) in [5.74, 6) is -0.0384. The van der Waals surface area contributed by atoms with Crippen molar-refractivity contribution in [2.24, 2.45) is 0 Å². The minimum Gasteiger partial charge on any atom is -0.325 e. The van der Waals surface area contributed by atoms with Gasteiger partial charge < -0.3 is 5.32 Å². The molecule has 27 heavy (non-hydrogen) atoms. The molecular weight excluding hydrogens is 362 g/mol. The van der Waals surface area contributed by atoms with Gasteiger partial charge in [0.15, 0.2) is 0 Å². The standard InChI is InChI=1S/C20H31N3O3S/c1-17(22-13-5-2-3-6-14-22)20(24)21-18-9-11-19(12-10-18)27(25,26)23-15-7-4-8-16-23/h9-12,17H,2-8,13-16H2,1H3,(H,21,24)/t17-/m1/s1. The van der Waals surface area contributed by atoms with Crippen molar-refractivity contribution < 1.29 is 13.2 Å². The van der Waals surface area contributed by atoms with E-state index in [2.05, 4.69) is 10.2 Å². The number of hydrogen-bond acceptors (Lipinski definition) is 4. The number of nitrogens with one attached hydrogen (secondary N) is 1. The Labute approximate surface area is 163 Å².